The van der Waals surface area contributed by atoms with Crippen LogP contribution in [0.5, 0.6) is 0 Å². The molecule has 102 valence electrons. The lowest BCUT2D eigenvalue weighted by atomic mass is 10.2. The van der Waals surface area contributed by atoms with Gasteiger partial charge in [0.1, 0.15) is 17.5 Å². The second-order valence-electron chi connectivity index (χ2n) is 5.06. The molecule has 0 saturated carbocycles. The van der Waals surface area contributed by atoms with Crippen LogP contribution in [0.15, 0.2) is 0 Å². The Bertz CT molecular complexity index is 389. The summed E-state index contributed by atoms with van der Waals surface area (Å²) < 4.78 is 0. The van der Waals surface area contributed by atoms with Crippen molar-refractivity contribution in [1.82, 2.24) is 14.9 Å². The summed E-state index contributed by atoms with van der Waals surface area (Å²) in [5, 5.41) is 3.41. The molecule has 0 fully saturated rings. The highest BCUT2D eigenvalue weighted by molar-refractivity contribution is 5.55. The first-order valence-electron chi connectivity index (χ1n) is 6.48. The molecule has 1 unspecified atom stereocenters. The minimum atomic E-state index is 0.322. The number of nitrogens with zero attached hydrogens (tertiary/aromatic N) is 3. The molecule has 0 aliphatic rings. The Morgan fingerprint density at radius 1 is 1.33 bits per heavy atom. The Morgan fingerprint density at radius 3 is 2.56 bits per heavy atom. The monoisotopic (exact) mass is 251 g/mol. The summed E-state index contributed by atoms with van der Waals surface area (Å²) in [7, 11) is 4.11. The van der Waals surface area contributed by atoms with Crippen LogP contribution in [-0.2, 0) is 6.42 Å². The van der Waals surface area contributed by atoms with Gasteiger partial charge in [0.05, 0.1) is 0 Å². The lowest BCUT2D eigenvalue weighted by Gasteiger charge is -2.20. The van der Waals surface area contributed by atoms with E-state index in [9.17, 15) is 0 Å². The van der Waals surface area contributed by atoms with Crippen molar-refractivity contribution >= 4 is 11.6 Å². The van der Waals surface area contributed by atoms with E-state index in [-0.39, 0.29) is 0 Å². The zero-order valence-corrected chi connectivity index (χ0v) is 12.1. The maximum absolute atomic E-state index is 5.93. The van der Waals surface area contributed by atoms with Gasteiger partial charge in [-0.05, 0) is 34.4 Å². The van der Waals surface area contributed by atoms with Gasteiger partial charge in [0.2, 0.25) is 0 Å². The smallest absolute Gasteiger partial charge is 0.135 e. The Morgan fingerprint density at radius 2 is 2.00 bits per heavy atom. The summed E-state index contributed by atoms with van der Waals surface area (Å²) in [6.45, 7) is 7.15. The predicted octanol–water partition coefficient (Wildman–Crippen LogP) is 1.68. The average molecular weight is 251 g/mol. The standard InChI is InChI=1S/C13H25N5/c1-6-7-11-16-12(14)10(3)13(17-11)15-9(2)8-18(4)5/h9H,6-8H2,1-5H3,(H3,14,15,16,17). The van der Waals surface area contributed by atoms with Crippen molar-refractivity contribution in [3.63, 3.8) is 0 Å². The molecule has 0 saturated heterocycles. The molecule has 1 atom stereocenters. The summed E-state index contributed by atoms with van der Waals surface area (Å²) in [6, 6.07) is 0.322. The van der Waals surface area contributed by atoms with Gasteiger partial charge in [-0.1, -0.05) is 6.92 Å². The van der Waals surface area contributed by atoms with Gasteiger partial charge in [-0.3, -0.25) is 0 Å². The van der Waals surface area contributed by atoms with Crippen LogP contribution in [0.4, 0.5) is 11.6 Å². The maximum atomic E-state index is 5.93. The summed E-state index contributed by atoms with van der Waals surface area (Å²) >= 11 is 0. The van der Waals surface area contributed by atoms with Gasteiger partial charge in [-0.25, -0.2) is 9.97 Å². The average Bonchev–Trinajstić information content (AvgIpc) is 2.24. The van der Waals surface area contributed by atoms with E-state index in [1.807, 2.05) is 6.92 Å². The number of likely N-dealkylation sites (N-methyl/N-ethyl adjacent to an activating group) is 1. The molecule has 1 aromatic rings. The van der Waals surface area contributed by atoms with E-state index in [0.29, 0.717) is 11.9 Å². The summed E-state index contributed by atoms with van der Waals surface area (Å²) in [4.78, 5) is 11.0. The molecule has 0 aliphatic heterocycles. The molecule has 0 aromatic carbocycles. The van der Waals surface area contributed by atoms with Crippen molar-refractivity contribution in [2.45, 2.75) is 39.7 Å². The lowest BCUT2D eigenvalue weighted by Crippen LogP contribution is -2.30. The summed E-state index contributed by atoms with van der Waals surface area (Å²) in [5.74, 6) is 2.26. The van der Waals surface area contributed by atoms with Crippen LogP contribution in [0.25, 0.3) is 0 Å². The van der Waals surface area contributed by atoms with E-state index in [0.717, 1.165) is 36.6 Å². The van der Waals surface area contributed by atoms with Crippen molar-refractivity contribution in [1.29, 1.82) is 0 Å². The normalized spacial score (nSPS) is 12.8. The topological polar surface area (TPSA) is 67.1 Å². The number of aromatic nitrogens is 2. The molecule has 1 aromatic heterocycles. The van der Waals surface area contributed by atoms with Crippen molar-refractivity contribution in [2.24, 2.45) is 0 Å². The van der Waals surface area contributed by atoms with Gasteiger partial charge in [0, 0.05) is 24.6 Å². The largest absolute Gasteiger partial charge is 0.383 e. The SMILES string of the molecule is CCCc1nc(N)c(C)c(NC(C)CN(C)C)n1. The van der Waals surface area contributed by atoms with E-state index in [2.05, 4.69) is 48.1 Å². The fourth-order valence-electron chi connectivity index (χ4n) is 1.88. The zero-order valence-electron chi connectivity index (χ0n) is 12.1. The van der Waals surface area contributed by atoms with Crippen LogP contribution >= 0.6 is 0 Å². The number of nitrogens with two attached hydrogens (primary N) is 1. The number of anilines is 2. The first-order chi connectivity index (χ1) is 8.43. The van der Waals surface area contributed by atoms with E-state index >= 15 is 0 Å². The number of hydrogen-bond donors (Lipinski definition) is 2. The Kier molecular flexibility index (Phi) is 5.34. The second-order valence-corrected chi connectivity index (χ2v) is 5.06. The first-order valence-corrected chi connectivity index (χ1v) is 6.48. The highest BCUT2D eigenvalue weighted by Gasteiger charge is 2.11. The molecule has 0 bridgehead atoms. The number of hydrogen-bond acceptors (Lipinski definition) is 5. The number of nitrogen functional groups attached to an aromatic ring is 1. The predicted molar refractivity (Wildman–Crippen MR) is 76.8 cm³/mol. The van der Waals surface area contributed by atoms with Crippen molar-refractivity contribution < 1.29 is 0 Å². The zero-order chi connectivity index (χ0) is 13.7. The highest BCUT2D eigenvalue weighted by atomic mass is 15.1. The van der Waals surface area contributed by atoms with Gasteiger partial charge in [0.25, 0.3) is 0 Å². The summed E-state index contributed by atoms with van der Waals surface area (Å²) in [6.07, 6.45) is 1.89. The molecule has 5 heteroatoms. The van der Waals surface area contributed by atoms with E-state index in [1.165, 1.54) is 0 Å². The minimum Gasteiger partial charge on any atom is -0.383 e. The van der Waals surface area contributed by atoms with Crippen LogP contribution in [0.3, 0.4) is 0 Å². The molecule has 18 heavy (non-hydrogen) atoms. The van der Waals surface area contributed by atoms with Gasteiger partial charge in [-0.2, -0.15) is 0 Å². The molecule has 5 nitrogen and oxygen atoms in total. The molecule has 0 amide bonds. The van der Waals surface area contributed by atoms with Crippen LogP contribution in [0, 0.1) is 6.92 Å². The van der Waals surface area contributed by atoms with Crippen LogP contribution in [0.1, 0.15) is 31.7 Å². The third-order valence-electron chi connectivity index (χ3n) is 2.73. The molecule has 0 radical (unpaired) electrons. The van der Waals surface area contributed by atoms with E-state index in [4.69, 9.17) is 5.73 Å². The second kappa shape index (κ2) is 6.54. The first kappa shape index (κ1) is 14.7. The van der Waals surface area contributed by atoms with Gasteiger partial charge in [0.15, 0.2) is 0 Å². The molecule has 1 heterocycles. The Labute approximate surface area is 110 Å². The van der Waals surface area contributed by atoms with Crippen LogP contribution in [0.2, 0.25) is 0 Å². The highest BCUT2D eigenvalue weighted by Crippen LogP contribution is 2.18. The molecular formula is C13H25N5. The third-order valence-corrected chi connectivity index (χ3v) is 2.73. The van der Waals surface area contributed by atoms with Crippen LogP contribution < -0.4 is 11.1 Å². The number of rotatable bonds is 6. The van der Waals surface area contributed by atoms with Gasteiger partial charge >= 0.3 is 0 Å². The fourth-order valence-corrected chi connectivity index (χ4v) is 1.88. The molecule has 0 spiro atoms. The fraction of sp³-hybridized carbons (Fsp3) is 0.692. The van der Waals surface area contributed by atoms with Crippen LogP contribution in [-0.4, -0.2) is 41.5 Å². The quantitative estimate of drug-likeness (QED) is 0.805. The van der Waals surface area contributed by atoms with Crippen molar-refractivity contribution in [3.8, 4) is 0 Å². The van der Waals surface area contributed by atoms with E-state index < -0.39 is 0 Å². The number of nitrogens with one attached hydrogen (secondary N) is 1. The molecule has 3 N–H and O–H groups in total. The van der Waals surface area contributed by atoms with Gasteiger partial charge in [-0.15, -0.1) is 0 Å². The molecular weight excluding hydrogens is 226 g/mol. The van der Waals surface area contributed by atoms with E-state index in [1.54, 1.807) is 0 Å². The number of aryl methyl sites for hydroxylation is 1. The maximum Gasteiger partial charge on any atom is 0.135 e. The lowest BCUT2D eigenvalue weighted by molar-refractivity contribution is 0.391. The summed E-state index contributed by atoms with van der Waals surface area (Å²) in [5.41, 5.74) is 6.86. The molecule has 0 aliphatic carbocycles. The Balaban J connectivity index is 2.86. The van der Waals surface area contributed by atoms with Crippen molar-refractivity contribution in [2.75, 3.05) is 31.7 Å². The third kappa shape index (κ3) is 4.14. The minimum absolute atomic E-state index is 0.322. The van der Waals surface area contributed by atoms with Crippen molar-refractivity contribution in [3.05, 3.63) is 11.4 Å². The Hall–Kier alpha value is -1.36. The van der Waals surface area contributed by atoms with Gasteiger partial charge < -0.3 is 16.0 Å². The molecule has 1 rings (SSSR count).